The van der Waals surface area contributed by atoms with E-state index in [9.17, 15) is 0 Å². The van der Waals surface area contributed by atoms with Crippen molar-refractivity contribution in [3.8, 4) is 5.75 Å². The van der Waals surface area contributed by atoms with Gasteiger partial charge in [0.2, 0.25) is 0 Å². The lowest BCUT2D eigenvalue weighted by molar-refractivity contribution is 0.322. The molecule has 0 saturated heterocycles. The molecule has 0 bridgehead atoms. The molecule has 102 valence electrons. The van der Waals surface area contributed by atoms with E-state index in [1.165, 1.54) is 11.1 Å². The standard InChI is InChI=1S/C14H23NO2S/c1-3-6-15-10-12-4-5-14(17-2)13(9-12)11-18-8-7-16/h4-5,9,15-16H,3,6-8,10-11H2,1-2H3. The zero-order valence-corrected chi connectivity index (χ0v) is 12.1. The van der Waals surface area contributed by atoms with E-state index in [4.69, 9.17) is 9.84 Å². The number of rotatable bonds is 9. The molecule has 18 heavy (non-hydrogen) atoms. The van der Waals surface area contributed by atoms with E-state index in [0.29, 0.717) is 0 Å². The molecule has 0 saturated carbocycles. The molecule has 0 aliphatic heterocycles. The van der Waals surface area contributed by atoms with Crippen LogP contribution in [0.4, 0.5) is 0 Å². The van der Waals surface area contributed by atoms with Gasteiger partial charge >= 0.3 is 0 Å². The fourth-order valence-electron chi connectivity index (χ4n) is 1.71. The number of methoxy groups -OCH3 is 1. The highest BCUT2D eigenvalue weighted by atomic mass is 32.2. The Morgan fingerprint density at radius 3 is 2.89 bits per heavy atom. The molecule has 0 aliphatic carbocycles. The van der Waals surface area contributed by atoms with Gasteiger partial charge < -0.3 is 15.2 Å². The van der Waals surface area contributed by atoms with Crippen LogP contribution < -0.4 is 10.1 Å². The van der Waals surface area contributed by atoms with Crippen LogP contribution in [-0.4, -0.2) is 31.1 Å². The molecule has 4 heteroatoms. The molecule has 0 spiro atoms. The summed E-state index contributed by atoms with van der Waals surface area (Å²) >= 11 is 1.72. The maximum atomic E-state index is 8.81. The lowest BCUT2D eigenvalue weighted by Gasteiger charge is -2.11. The first-order valence-electron chi connectivity index (χ1n) is 6.37. The van der Waals surface area contributed by atoms with Gasteiger partial charge in [0.1, 0.15) is 5.75 Å². The second kappa shape index (κ2) is 9.25. The van der Waals surface area contributed by atoms with Gasteiger partial charge in [0.25, 0.3) is 0 Å². The predicted molar refractivity (Wildman–Crippen MR) is 78.2 cm³/mol. The van der Waals surface area contributed by atoms with Crippen molar-refractivity contribution in [3.63, 3.8) is 0 Å². The SMILES string of the molecule is CCCNCc1ccc(OC)c(CSCCO)c1. The first-order valence-corrected chi connectivity index (χ1v) is 7.52. The molecule has 0 fully saturated rings. The smallest absolute Gasteiger partial charge is 0.122 e. The summed E-state index contributed by atoms with van der Waals surface area (Å²) in [6.07, 6.45) is 1.15. The molecular weight excluding hydrogens is 246 g/mol. The minimum absolute atomic E-state index is 0.227. The average molecular weight is 269 g/mol. The second-order valence-electron chi connectivity index (χ2n) is 4.10. The first-order chi connectivity index (χ1) is 8.81. The number of nitrogens with one attached hydrogen (secondary N) is 1. The van der Waals surface area contributed by atoms with Crippen molar-refractivity contribution < 1.29 is 9.84 Å². The summed E-state index contributed by atoms with van der Waals surface area (Å²) in [5, 5.41) is 12.2. The Balaban J connectivity index is 2.62. The van der Waals surface area contributed by atoms with E-state index in [0.717, 1.165) is 36.8 Å². The first kappa shape index (κ1) is 15.3. The zero-order chi connectivity index (χ0) is 13.2. The molecule has 1 rings (SSSR count). The van der Waals surface area contributed by atoms with Crippen molar-refractivity contribution >= 4 is 11.8 Å². The topological polar surface area (TPSA) is 41.5 Å². The highest BCUT2D eigenvalue weighted by molar-refractivity contribution is 7.98. The third-order valence-corrected chi connectivity index (χ3v) is 3.58. The molecule has 0 aliphatic rings. The Labute approximate surface area is 114 Å². The van der Waals surface area contributed by atoms with E-state index in [1.54, 1.807) is 18.9 Å². The molecule has 2 N–H and O–H groups in total. The Bertz CT molecular complexity index is 345. The van der Waals surface area contributed by atoms with Gasteiger partial charge in [-0.2, -0.15) is 11.8 Å². The van der Waals surface area contributed by atoms with Crippen molar-refractivity contribution in [2.75, 3.05) is 26.0 Å². The van der Waals surface area contributed by atoms with Crippen LogP contribution in [0.2, 0.25) is 0 Å². The third-order valence-electron chi connectivity index (χ3n) is 2.59. The van der Waals surface area contributed by atoms with Gasteiger partial charge in [-0.1, -0.05) is 13.0 Å². The molecule has 3 nitrogen and oxygen atoms in total. The average Bonchev–Trinajstić information content (AvgIpc) is 2.40. The lowest BCUT2D eigenvalue weighted by Crippen LogP contribution is -2.13. The van der Waals surface area contributed by atoms with E-state index in [1.807, 2.05) is 6.07 Å². The molecule has 0 aromatic heterocycles. The minimum Gasteiger partial charge on any atom is -0.496 e. The molecule has 0 radical (unpaired) electrons. The summed E-state index contributed by atoms with van der Waals surface area (Å²) in [7, 11) is 1.70. The van der Waals surface area contributed by atoms with Gasteiger partial charge in [-0.05, 0) is 30.7 Å². The fourth-order valence-corrected chi connectivity index (χ4v) is 2.43. The van der Waals surface area contributed by atoms with Gasteiger partial charge in [0, 0.05) is 23.6 Å². The van der Waals surface area contributed by atoms with Crippen LogP contribution in [0.1, 0.15) is 24.5 Å². The largest absolute Gasteiger partial charge is 0.496 e. The van der Waals surface area contributed by atoms with E-state index < -0.39 is 0 Å². The second-order valence-corrected chi connectivity index (χ2v) is 5.20. The summed E-state index contributed by atoms with van der Waals surface area (Å²) in [5.41, 5.74) is 2.48. The normalized spacial score (nSPS) is 10.6. The van der Waals surface area contributed by atoms with Crippen LogP contribution in [-0.2, 0) is 12.3 Å². The Kier molecular flexibility index (Phi) is 7.89. The number of benzene rings is 1. The maximum Gasteiger partial charge on any atom is 0.122 e. The maximum absolute atomic E-state index is 8.81. The predicted octanol–water partition coefficient (Wildman–Crippen LogP) is 2.42. The van der Waals surface area contributed by atoms with Crippen LogP contribution in [0.25, 0.3) is 0 Å². The summed E-state index contributed by atoms with van der Waals surface area (Å²) in [4.78, 5) is 0. The van der Waals surface area contributed by atoms with Crippen LogP contribution in [0.5, 0.6) is 5.75 Å². The van der Waals surface area contributed by atoms with Gasteiger partial charge in [0.15, 0.2) is 0 Å². The summed E-state index contributed by atoms with van der Waals surface area (Å²) < 4.78 is 5.36. The Hall–Kier alpha value is -0.710. The van der Waals surface area contributed by atoms with Crippen molar-refractivity contribution in [3.05, 3.63) is 29.3 Å². The Morgan fingerprint density at radius 1 is 1.39 bits per heavy atom. The zero-order valence-electron chi connectivity index (χ0n) is 11.2. The molecule has 0 heterocycles. The Morgan fingerprint density at radius 2 is 2.22 bits per heavy atom. The highest BCUT2D eigenvalue weighted by Gasteiger charge is 2.04. The molecule has 0 amide bonds. The van der Waals surface area contributed by atoms with Crippen molar-refractivity contribution in [1.29, 1.82) is 0 Å². The summed E-state index contributed by atoms with van der Waals surface area (Å²) in [6, 6.07) is 6.31. The number of aliphatic hydroxyl groups excluding tert-OH is 1. The number of thioether (sulfide) groups is 1. The number of ether oxygens (including phenoxy) is 1. The summed E-state index contributed by atoms with van der Waals surface area (Å²) in [6.45, 7) is 4.33. The van der Waals surface area contributed by atoms with Crippen molar-refractivity contribution in [2.24, 2.45) is 0 Å². The molecule has 0 unspecified atom stereocenters. The van der Waals surface area contributed by atoms with Gasteiger partial charge in [-0.15, -0.1) is 0 Å². The molecule has 0 atom stereocenters. The number of hydrogen-bond acceptors (Lipinski definition) is 4. The van der Waals surface area contributed by atoms with Crippen LogP contribution >= 0.6 is 11.8 Å². The fraction of sp³-hybridized carbons (Fsp3) is 0.571. The van der Waals surface area contributed by atoms with E-state index in [2.05, 4.69) is 24.4 Å². The minimum atomic E-state index is 0.227. The van der Waals surface area contributed by atoms with Crippen LogP contribution in [0.15, 0.2) is 18.2 Å². The number of aliphatic hydroxyl groups is 1. The monoisotopic (exact) mass is 269 g/mol. The van der Waals surface area contributed by atoms with Crippen LogP contribution in [0.3, 0.4) is 0 Å². The number of hydrogen-bond donors (Lipinski definition) is 2. The van der Waals surface area contributed by atoms with Crippen molar-refractivity contribution in [2.45, 2.75) is 25.6 Å². The molecule has 1 aromatic carbocycles. The van der Waals surface area contributed by atoms with Gasteiger partial charge in [-0.25, -0.2) is 0 Å². The molecule has 1 aromatic rings. The lowest BCUT2D eigenvalue weighted by atomic mass is 10.1. The van der Waals surface area contributed by atoms with E-state index >= 15 is 0 Å². The van der Waals surface area contributed by atoms with Gasteiger partial charge in [-0.3, -0.25) is 0 Å². The molecular formula is C14H23NO2S. The third kappa shape index (κ3) is 5.29. The summed E-state index contributed by atoms with van der Waals surface area (Å²) in [5.74, 6) is 2.58. The highest BCUT2D eigenvalue weighted by Crippen LogP contribution is 2.24. The quantitative estimate of drug-likeness (QED) is 0.676. The van der Waals surface area contributed by atoms with E-state index in [-0.39, 0.29) is 6.61 Å². The van der Waals surface area contributed by atoms with Crippen LogP contribution in [0, 0.1) is 0 Å². The van der Waals surface area contributed by atoms with Gasteiger partial charge in [0.05, 0.1) is 13.7 Å². The van der Waals surface area contributed by atoms with Crippen molar-refractivity contribution in [1.82, 2.24) is 5.32 Å².